The lowest BCUT2D eigenvalue weighted by Crippen LogP contribution is -2.26. The van der Waals surface area contributed by atoms with Crippen LogP contribution in [0.3, 0.4) is 0 Å². The van der Waals surface area contributed by atoms with Crippen LogP contribution < -0.4 is 10.1 Å². The molecule has 0 radical (unpaired) electrons. The summed E-state index contributed by atoms with van der Waals surface area (Å²) in [5, 5.41) is 3.34. The SMILES string of the molecule is FC(F)(F)Oc1ccc([C@@H]2CCCCN2)cc1. The second-order valence-electron chi connectivity index (χ2n) is 4.12. The Balaban J connectivity index is 2.02. The minimum absolute atomic E-state index is 0.169. The Labute approximate surface area is 97.8 Å². The fraction of sp³-hybridized carbons (Fsp3) is 0.500. The quantitative estimate of drug-likeness (QED) is 0.862. The normalized spacial score (nSPS) is 21.2. The lowest BCUT2D eigenvalue weighted by atomic mass is 9.98. The van der Waals surface area contributed by atoms with Gasteiger partial charge in [-0.2, -0.15) is 0 Å². The van der Waals surface area contributed by atoms with Gasteiger partial charge in [0.2, 0.25) is 0 Å². The summed E-state index contributed by atoms with van der Waals surface area (Å²) in [4.78, 5) is 0. The molecule has 1 aliphatic heterocycles. The average molecular weight is 245 g/mol. The summed E-state index contributed by atoms with van der Waals surface area (Å²) in [5.41, 5.74) is 1.01. The van der Waals surface area contributed by atoms with Gasteiger partial charge in [-0.25, -0.2) is 0 Å². The van der Waals surface area contributed by atoms with Crippen LogP contribution in [-0.4, -0.2) is 12.9 Å². The maximum Gasteiger partial charge on any atom is 0.573 e. The lowest BCUT2D eigenvalue weighted by Gasteiger charge is -2.24. The third-order valence-electron chi connectivity index (χ3n) is 2.83. The number of alkyl halides is 3. The van der Waals surface area contributed by atoms with Crippen molar-refractivity contribution in [1.82, 2.24) is 5.32 Å². The van der Waals surface area contributed by atoms with E-state index in [1.807, 2.05) is 0 Å². The van der Waals surface area contributed by atoms with Crippen molar-refractivity contribution in [3.63, 3.8) is 0 Å². The summed E-state index contributed by atoms with van der Waals surface area (Å²) in [6, 6.07) is 6.34. The molecule has 1 atom stereocenters. The first-order chi connectivity index (χ1) is 8.04. The fourth-order valence-corrected chi connectivity index (χ4v) is 2.04. The van der Waals surface area contributed by atoms with E-state index in [0.29, 0.717) is 0 Å². The molecule has 1 N–H and O–H groups in total. The maximum absolute atomic E-state index is 12.0. The van der Waals surface area contributed by atoms with E-state index < -0.39 is 6.36 Å². The molecule has 1 aliphatic rings. The molecule has 17 heavy (non-hydrogen) atoms. The van der Waals surface area contributed by atoms with Crippen LogP contribution in [0, 0.1) is 0 Å². The monoisotopic (exact) mass is 245 g/mol. The highest BCUT2D eigenvalue weighted by Crippen LogP contribution is 2.27. The van der Waals surface area contributed by atoms with E-state index in [-0.39, 0.29) is 11.8 Å². The smallest absolute Gasteiger partial charge is 0.406 e. The van der Waals surface area contributed by atoms with Gasteiger partial charge in [-0.05, 0) is 37.1 Å². The van der Waals surface area contributed by atoms with E-state index in [9.17, 15) is 13.2 Å². The van der Waals surface area contributed by atoms with Crippen molar-refractivity contribution in [3.8, 4) is 5.75 Å². The zero-order valence-electron chi connectivity index (χ0n) is 9.26. The molecule has 5 heteroatoms. The van der Waals surface area contributed by atoms with E-state index in [1.54, 1.807) is 12.1 Å². The highest BCUT2D eigenvalue weighted by Gasteiger charge is 2.31. The van der Waals surface area contributed by atoms with E-state index in [2.05, 4.69) is 10.1 Å². The van der Waals surface area contributed by atoms with Gasteiger partial charge in [-0.15, -0.1) is 13.2 Å². The summed E-state index contributed by atoms with van der Waals surface area (Å²) in [6.45, 7) is 0.964. The van der Waals surface area contributed by atoms with Gasteiger partial charge in [0.05, 0.1) is 0 Å². The molecular weight excluding hydrogens is 231 g/mol. The molecule has 1 heterocycles. The molecular formula is C12H14F3NO. The third-order valence-corrected chi connectivity index (χ3v) is 2.83. The van der Waals surface area contributed by atoms with E-state index in [0.717, 1.165) is 31.4 Å². The van der Waals surface area contributed by atoms with Crippen LogP contribution >= 0.6 is 0 Å². The Morgan fingerprint density at radius 3 is 2.35 bits per heavy atom. The minimum atomic E-state index is -4.62. The average Bonchev–Trinajstić information content (AvgIpc) is 2.29. The molecule has 0 aliphatic carbocycles. The van der Waals surface area contributed by atoms with E-state index in [1.165, 1.54) is 12.1 Å². The third kappa shape index (κ3) is 3.63. The number of halogens is 3. The molecule has 2 nitrogen and oxygen atoms in total. The number of hydrogen-bond donors (Lipinski definition) is 1. The van der Waals surface area contributed by atoms with Crippen molar-refractivity contribution in [1.29, 1.82) is 0 Å². The molecule has 1 fully saturated rings. The highest BCUT2D eigenvalue weighted by molar-refractivity contribution is 5.29. The lowest BCUT2D eigenvalue weighted by molar-refractivity contribution is -0.274. The van der Waals surface area contributed by atoms with Crippen LogP contribution in [-0.2, 0) is 0 Å². The topological polar surface area (TPSA) is 21.3 Å². The number of hydrogen-bond acceptors (Lipinski definition) is 2. The van der Waals surface area contributed by atoms with Crippen LogP contribution in [0.15, 0.2) is 24.3 Å². The molecule has 0 unspecified atom stereocenters. The highest BCUT2D eigenvalue weighted by atomic mass is 19.4. The second kappa shape index (κ2) is 4.96. The van der Waals surface area contributed by atoms with Crippen molar-refractivity contribution in [3.05, 3.63) is 29.8 Å². The van der Waals surface area contributed by atoms with Gasteiger partial charge >= 0.3 is 6.36 Å². The molecule has 0 aromatic heterocycles. The van der Waals surface area contributed by atoms with E-state index in [4.69, 9.17) is 0 Å². The Bertz CT molecular complexity index is 355. The zero-order valence-corrected chi connectivity index (χ0v) is 9.26. The molecule has 0 spiro atoms. The largest absolute Gasteiger partial charge is 0.573 e. The Kier molecular flexibility index (Phi) is 3.57. The second-order valence-corrected chi connectivity index (χ2v) is 4.12. The summed E-state index contributed by atoms with van der Waals surface area (Å²) in [7, 11) is 0. The van der Waals surface area contributed by atoms with Crippen LogP contribution in [0.2, 0.25) is 0 Å². The van der Waals surface area contributed by atoms with Crippen molar-refractivity contribution < 1.29 is 17.9 Å². The number of ether oxygens (including phenoxy) is 1. The summed E-state index contributed by atoms with van der Waals surface area (Å²) >= 11 is 0. The summed E-state index contributed by atoms with van der Waals surface area (Å²) in [5.74, 6) is -0.169. The van der Waals surface area contributed by atoms with Crippen molar-refractivity contribution in [2.45, 2.75) is 31.7 Å². The Morgan fingerprint density at radius 1 is 1.12 bits per heavy atom. The molecule has 0 bridgehead atoms. The Hall–Kier alpha value is -1.23. The number of piperidine rings is 1. The molecule has 0 saturated carbocycles. The first-order valence-electron chi connectivity index (χ1n) is 5.64. The van der Waals surface area contributed by atoms with Gasteiger partial charge in [0.25, 0.3) is 0 Å². The van der Waals surface area contributed by atoms with Crippen LogP contribution in [0.1, 0.15) is 30.9 Å². The molecule has 0 amide bonds. The molecule has 1 aromatic rings. The molecule has 2 rings (SSSR count). The molecule has 1 aromatic carbocycles. The van der Waals surface area contributed by atoms with Crippen molar-refractivity contribution in [2.75, 3.05) is 6.54 Å². The van der Waals surface area contributed by atoms with Crippen molar-refractivity contribution >= 4 is 0 Å². The maximum atomic E-state index is 12.0. The van der Waals surface area contributed by atoms with Gasteiger partial charge in [-0.3, -0.25) is 0 Å². The summed E-state index contributed by atoms with van der Waals surface area (Å²) in [6.07, 6.45) is -1.28. The van der Waals surface area contributed by atoms with Crippen LogP contribution in [0.25, 0.3) is 0 Å². The van der Waals surface area contributed by atoms with Crippen LogP contribution in [0.5, 0.6) is 5.75 Å². The number of nitrogens with one attached hydrogen (secondary N) is 1. The fourth-order valence-electron chi connectivity index (χ4n) is 2.04. The van der Waals surface area contributed by atoms with E-state index >= 15 is 0 Å². The predicted molar refractivity (Wildman–Crippen MR) is 57.7 cm³/mol. The standard InChI is InChI=1S/C12H14F3NO/c13-12(14,15)17-10-6-4-9(5-7-10)11-3-1-2-8-16-11/h4-7,11,16H,1-3,8H2/t11-/m0/s1. The Morgan fingerprint density at radius 2 is 1.82 bits per heavy atom. The number of benzene rings is 1. The van der Waals surface area contributed by atoms with Gasteiger partial charge in [-0.1, -0.05) is 18.6 Å². The zero-order chi connectivity index (χ0) is 12.3. The number of rotatable bonds is 2. The first kappa shape index (κ1) is 12.2. The predicted octanol–water partition coefficient (Wildman–Crippen LogP) is 3.40. The van der Waals surface area contributed by atoms with Gasteiger partial charge in [0.15, 0.2) is 0 Å². The molecule has 1 saturated heterocycles. The molecule has 94 valence electrons. The first-order valence-corrected chi connectivity index (χ1v) is 5.64. The van der Waals surface area contributed by atoms with Gasteiger partial charge in [0.1, 0.15) is 5.75 Å². The summed E-state index contributed by atoms with van der Waals surface area (Å²) < 4.78 is 39.7. The van der Waals surface area contributed by atoms with Crippen LogP contribution in [0.4, 0.5) is 13.2 Å². The van der Waals surface area contributed by atoms with Crippen molar-refractivity contribution in [2.24, 2.45) is 0 Å². The van der Waals surface area contributed by atoms with Gasteiger partial charge in [0, 0.05) is 6.04 Å². The minimum Gasteiger partial charge on any atom is -0.406 e. The van der Waals surface area contributed by atoms with Gasteiger partial charge < -0.3 is 10.1 Å².